The maximum atomic E-state index is 13.0. The van der Waals surface area contributed by atoms with Crippen LogP contribution in [0.2, 0.25) is 0 Å². The molecule has 2 saturated heterocycles. The highest BCUT2D eigenvalue weighted by Gasteiger charge is 2.48. The van der Waals surface area contributed by atoms with Crippen molar-refractivity contribution >= 4 is 28.6 Å². The van der Waals surface area contributed by atoms with E-state index in [1.807, 2.05) is 0 Å². The molecule has 2 aliphatic rings. The van der Waals surface area contributed by atoms with Crippen LogP contribution in [0, 0.1) is 0 Å². The van der Waals surface area contributed by atoms with Crippen LogP contribution < -0.4 is 15.4 Å². The SMILES string of the molecule is COc1ccc2cn(C[C@@]3(c4ccc(C(=O)N5CCOCC5)cc4)NC(=O)NC3=O)c(O)c2c1. The minimum Gasteiger partial charge on any atom is -0.497 e. The summed E-state index contributed by atoms with van der Waals surface area (Å²) in [6.45, 7) is 1.99. The van der Waals surface area contributed by atoms with E-state index in [1.54, 1.807) is 53.6 Å². The van der Waals surface area contributed by atoms with Crippen molar-refractivity contribution in [2.75, 3.05) is 33.4 Å². The fourth-order valence-electron chi connectivity index (χ4n) is 4.47. The maximum absolute atomic E-state index is 13.0. The van der Waals surface area contributed by atoms with E-state index in [4.69, 9.17) is 9.47 Å². The average Bonchev–Trinajstić information content (AvgIpc) is 3.33. The number of nitrogens with one attached hydrogen (secondary N) is 2. The van der Waals surface area contributed by atoms with Gasteiger partial charge in [-0.3, -0.25) is 14.9 Å². The van der Waals surface area contributed by atoms with Crippen LogP contribution in [-0.2, 0) is 21.6 Å². The van der Waals surface area contributed by atoms with Gasteiger partial charge >= 0.3 is 6.03 Å². The summed E-state index contributed by atoms with van der Waals surface area (Å²) in [5.41, 5.74) is -0.495. The molecular formula is C24H24N4O6. The molecule has 5 rings (SSSR count). The normalized spacial score (nSPS) is 20.3. The third kappa shape index (κ3) is 3.61. The molecule has 3 aromatic rings. The number of rotatable bonds is 5. The van der Waals surface area contributed by atoms with E-state index < -0.39 is 17.5 Å². The molecule has 0 unspecified atom stereocenters. The number of aromatic hydroxyl groups is 1. The molecule has 0 bridgehead atoms. The van der Waals surface area contributed by atoms with Crippen molar-refractivity contribution in [3.63, 3.8) is 0 Å². The molecule has 0 radical (unpaired) electrons. The summed E-state index contributed by atoms with van der Waals surface area (Å²) in [5.74, 6) is -0.129. The molecule has 4 amide bonds. The Hall–Kier alpha value is -4.05. The third-order valence-electron chi connectivity index (χ3n) is 6.34. The number of urea groups is 1. The van der Waals surface area contributed by atoms with Crippen molar-refractivity contribution in [2.24, 2.45) is 0 Å². The number of morpholine rings is 1. The Balaban J connectivity index is 1.49. The number of hydrogen-bond donors (Lipinski definition) is 3. The Bertz CT molecular complexity index is 1280. The molecule has 34 heavy (non-hydrogen) atoms. The lowest BCUT2D eigenvalue weighted by molar-refractivity contribution is -0.124. The fourth-order valence-corrected chi connectivity index (χ4v) is 4.47. The van der Waals surface area contributed by atoms with Gasteiger partial charge in [-0.25, -0.2) is 4.79 Å². The standard InChI is InChI=1S/C24H24N4O6/c1-33-18-7-4-16-13-28(21(30)19(16)12-18)14-24(22(31)25-23(32)26-24)17-5-2-15(3-6-17)20(29)27-8-10-34-11-9-27/h2-7,12-13,30H,8-11,14H2,1H3,(H2,25,26,31,32)/t24-/m0/s1. The Kier molecular flexibility index (Phi) is 5.37. The van der Waals surface area contributed by atoms with E-state index in [2.05, 4.69) is 10.6 Å². The number of methoxy groups -OCH3 is 1. The first-order valence-electron chi connectivity index (χ1n) is 10.9. The minimum absolute atomic E-state index is 0.0514. The van der Waals surface area contributed by atoms with Crippen molar-refractivity contribution in [2.45, 2.75) is 12.1 Å². The number of hydrogen-bond acceptors (Lipinski definition) is 6. The first-order valence-corrected chi connectivity index (χ1v) is 10.9. The molecule has 0 spiro atoms. The van der Waals surface area contributed by atoms with Crippen molar-refractivity contribution in [1.29, 1.82) is 0 Å². The summed E-state index contributed by atoms with van der Waals surface area (Å²) in [7, 11) is 1.54. The summed E-state index contributed by atoms with van der Waals surface area (Å²) in [6.07, 6.45) is 1.71. The second-order valence-corrected chi connectivity index (χ2v) is 8.33. The van der Waals surface area contributed by atoms with Crippen LogP contribution in [0.3, 0.4) is 0 Å². The molecule has 176 valence electrons. The van der Waals surface area contributed by atoms with Gasteiger partial charge in [0.1, 0.15) is 5.75 Å². The van der Waals surface area contributed by atoms with Gasteiger partial charge in [0.05, 0.1) is 26.9 Å². The lowest BCUT2D eigenvalue weighted by Crippen LogP contribution is -2.47. The summed E-state index contributed by atoms with van der Waals surface area (Å²) in [5, 5.41) is 17.2. The Morgan fingerprint density at radius 3 is 2.53 bits per heavy atom. The first-order chi connectivity index (χ1) is 16.4. The highest BCUT2D eigenvalue weighted by molar-refractivity contribution is 6.07. The Morgan fingerprint density at radius 1 is 1.15 bits per heavy atom. The second-order valence-electron chi connectivity index (χ2n) is 8.33. The van der Waals surface area contributed by atoms with E-state index in [9.17, 15) is 19.5 Å². The fraction of sp³-hybridized carbons (Fsp3) is 0.292. The topological polar surface area (TPSA) is 122 Å². The Morgan fingerprint density at radius 2 is 1.88 bits per heavy atom. The summed E-state index contributed by atoms with van der Waals surface area (Å²) >= 11 is 0. The number of amides is 4. The van der Waals surface area contributed by atoms with E-state index in [1.165, 1.54) is 11.7 Å². The van der Waals surface area contributed by atoms with Gasteiger partial charge in [-0.2, -0.15) is 0 Å². The number of nitrogens with zero attached hydrogens (tertiary/aromatic N) is 2. The van der Waals surface area contributed by atoms with Gasteiger partial charge in [0.15, 0.2) is 11.4 Å². The van der Waals surface area contributed by atoms with Crippen LogP contribution in [0.25, 0.3) is 10.8 Å². The van der Waals surface area contributed by atoms with Crippen LogP contribution in [0.15, 0.2) is 48.7 Å². The molecule has 2 aromatic carbocycles. The predicted molar refractivity (Wildman–Crippen MR) is 122 cm³/mol. The van der Waals surface area contributed by atoms with Crippen LogP contribution in [0.4, 0.5) is 4.79 Å². The molecule has 0 saturated carbocycles. The Labute approximate surface area is 195 Å². The van der Waals surface area contributed by atoms with Gasteiger partial charge in [0, 0.05) is 35.6 Å². The number of carbonyl (C=O) groups is 3. The number of imide groups is 1. The van der Waals surface area contributed by atoms with Crippen molar-refractivity contribution in [3.05, 3.63) is 59.8 Å². The third-order valence-corrected chi connectivity index (χ3v) is 6.34. The van der Waals surface area contributed by atoms with Crippen LogP contribution in [0.5, 0.6) is 11.6 Å². The van der Waals surface area contributed by atoms with Crippen LogP contribution >= 0.6 is 0 Å². The summed E-state index contributed by atoms with van der Waals surface area (Å²) in [4.78, 5) is 39.7. The van der Waals surface area contributed by atoms with Gasteiger partial charge < -0.3 is 29.4 Å². The number of aromatic nitrogens is 1. The van der Waals surface area contributed by atoms with E-state index in [-0.39, 0.29) is 18.3 Å². The van der Waals surface area contributed by atoms with E-state index >= 15 is 0 Å². The molecule has 0 aliphatic carbocycles. The van der Waals surface area contributed by atoms with E-state index in [0.29, 0.717) is 48.6 Å². The lowest BCUT2D eigenvalue weighted by Gasteiger charge is -2.29. The summed E-state index contributed by atoms with van der Waals surface area (Å²) < 4.78 is 12.1. The van der Waals surface area contributed by atoms with Crippen molar-refractivity contribution in [3.8, 4) is 11.6 Å². The number of fused-ring (bicyclic) bond motifs is 1. The number of carbonyl (C=O) groups excluding carboxylic acids is 3. The molecular weight excluding hydrogens is 440 g/mol. The molecule has 3 N–H and O–H groups in total. The molecule has 1 atom stereocenters. The monoisotopic (exact) mass is 464 g/mol. The quantitative estimate of drug-likeness (QED) is 0.493. The molecule has 2 aliphatic heterocycles. The van der Waals surface area contributed by atoms with Crippen molar-refractivity contribution < 1.29 is 29.0 Å². The smallest absolute Gasteiger partial charge is 0.322 e. The van der Waals surface area contributed by atoms with Crippen LogP contribution in [-0.4, -0.2) is 65.8 Å². The molecule has 2 fully saturated rings. The van der Waals surface area contributed by atoms with Gasteiger partial charge in [-0.05, 0) is 35.9 Å². The highest BCUT2D eigenvalue weighted by atomic mass is 16.5. The number of ether oxygens (including phenoxy) is 2. The highest BCUT2D eigenvalue weighted by Crippen LogP contribution is 2.35. The van der Waals surface area contributed by atoms with E-state index in [0.717, 1.165) is 5.39 Å². The van der Waals surface area contributed by atoms with Crippen molar-refractivity contribution in [1.82, 2.24) is 20.1 Å². The molecule has 3 heterocycles. The minimum atomic E-state index is -1.46. The van der Waals surface area contributed by atoms with Gasteiger partial charge in [0.2, 0.25) is 0 Å². The molecule has 10 nitrogen and oxygen atoms in total. The van der Waals surface area contributed by atoms with Gasteiger partial charge in [0.25, 0.3) is 11.8 Å². The average molecular weight is 464 g/mol. The molecule has 10 heteroatoms. The van der Waals surface area contributed by atoms with Gasteiger partial charge in [-0.1, -0.05) is 12.1 Å². The first kappa shape index (κ1) is 21.8. The second kappa shape index (κ2) is 8.38. The summed E-state index contributed by atoms with van der Waals surface area (Å²) in [6, 6.07) is 11.2. The zero-order valence-electron chi connectivity index (χ0n) is 18.5. The molecule has 1 aromatic heterocycles. The zero-order chi connectivity index (χ0) is 23.9. The predicted octanol–water partition coefficient (Wildman–Crippen LogP) is 1.56. The zero-order valence-corrected chi connectivity index (χ0v) is 18.5. The largest absolute Gasteiger partial charge is 0.497 e. The lowest BCUT2D eigenvalue weighted by atomic mass is 9.89. The maximum Gasteiger partial charge on any atom is 0.322 e. The van der Waals surface area contributed by atoms with Crippen LogP contribution in [0.1, 0.15) is 15.9 Å². The number of benzene rings is 2. The van der Waals surface area contributed by atoms with Gasteiger partial charge in [-0.15, -0.1) is 0 Å².